The zero-order chi connectivity index (χ0) is 24.0. The molecule has 33 heavy (non-hydrogen) atoms. The van der Waals surface area contributed by atoms with Crippen LogP contribution >= 0.6 is 23.1 Å². The fourth-order valence-corrected chi connectivity index (χ4v) is 4.53. The highest BCUT2D eigenvalue weighted by Crippen LogP contribution is 2.24. The molecular weight excluding hydrogens is 460 g/mol. The molecule has 0 saturated heterocycles. The number of thioether (sulfide) groups is 1. The Morgan fingerprint density at radius 1 is 1.24 bits per heavy atom. The number of ether oxygens (including phenoxy) is 1. The maximum atomic E-state index is 12.5. The number of aromatic nitrogens is 4. The molecule has 1 N–H and O–H groups in total. The van der Waals surface area contributed by atoms with Gasteiger partial charge in [0.15, 0.2) is 16.1 Å². The van der Waals surface area contributed by atoms with Gasteiger partial charge in [0.2, 0.25) is 5.91 Å². The summed E-state index contributed by atoms with van der Waals surface area (Å²) in [6.45, 7) is 8.29. The van der Waals surface area contributed by atoms with Gasteiger partial charge in [-0.25, -0.2) is 4.98 Å². The van der Waals surface area contributed by atoms with E-state index in [0.717, 1.165) is 22.6 Å². The van der Waals surface area contributed by atoms with E-state index < -0.39 is 0 Å². The number of carbonyl (C=O) groups is 2. The SMILES string of the molecule is C=CCn1c(COc2ccc(C)cc2)nnc1SCC(=O)Nc1nc(C)c(C(=O)N(C)C)s1. The van der Waals surface area contributed by atoms with Gasteiger partial charge < -0.3 is 15.0 Å². The molecule has 9 nitrogen and oxygen atoms in total. The molecule has 2 heterocycles. The van der Waals surface area contributed by atoms with E-state index in [9.17, 15) is 9.59 Å². The van der Waals surface area contributed by atoms with Crippen molar-refractivity contribution in [1.82, 2.24) is 24.6 Å². The summed E-state index contributed by atoms with van der Waals surface area (Å²) in [6.07, 6.45) is 1.74. The molecule has 0 aliphatic rings. The molecule has 0 bridgehead atoms. The summed E-state index contributed by atoms with van der Waals surface area (Å²) in [6, 6.07) is 7.77. The molecule has 0 aliphatic heterocycles. The lowest BCUT2D eigenvalue weighted by molar-refractivity contribution is -0.113. The number of aryl methyl sites for hydroxylation is 2. The van der Waals surface area contributed by atoms with Gasteiger partial charge in [0.05, 0.1) is 11.4 Å². The van der Waals surface area contributed by atoms with E-state index in [2.05, 4.69) is 27.1 Å². The van der Waals surface area contributed by atoms with Crippen molar-refractivity contribution in [2.75, 3.05) is 25.2 Å². The van der Waals surface area contributed by atoms with Gasteiger partial charge in [-0.3, -0.25) is 14.2 Å². The van der Waals surface area contributed by atoms with Crippen LogP contribution in [-0.2, 0) is 17.9 Å². The van der Waals surface area contributed by atoms with Crippen molar-refractivity contribution in [3.8, 4) is 5.75 Å². The first-order valence-corrected chi connectivity index (χ1v) is 11.9. The van der Waals surface area contributed by atoms with Crippen molar-refractivity contribution in [3.05, 3.63) is 58.9 Å². The van der Waals surface area contributed by atoms with Crippen LogP contribution < -0.4 is 10.1 Å². The number of hydrogen-bond acceptors (Lipinski definition) is 8. The third-order valence-corrected chi connectivity index (χ3v) is 6.50. The fraction of sp³-hybridized carbons (Fsp3) is 0.318. The molecule has 11 heteroatoms. The molecule has 0 fully saturated rings. The van der Waals surface area contributed by atoms with Crippen molar-refractivity contribution in [1.29, 1.82) is 0 Å². The number of allylic oxidation sites excluding steroid dienone is 1. The fourth-order valence-electron chi connectivity index (χ4n) is 2.76. The number of thiazole rings is 1. The van der Waals surface area contributed by atoms with Gasteiger partial charge in [-0.2, -0.15) is 0 Å². The third-order valence-electron chi connectivity index (χ3n) is 4.47. The van der Waals surface area contributed by atoms with Gasteiger partial charge in [0, 0.05) is 20.6 Å². The van der Waals surface area contributed by atoms with Crippen LogP contribution in [-0.4, -0.2) is 56.3 Å². The average Bonchev–Trinajstić information content (AvgIpc) is 3.34. The van der Waals surface area contributed by atoms with Crippen LogP contribution in [0.5, 0.6) is 5.75 Å². The van der Waals surface area contributed by atoms with Crippen LogP contribution in [0.1, 0.15) is 26.8 Å². The highest BCUT2D eigenvalue weighted by atomic mass is 32.2. The van der Waals surface area contributed by atoms with Gasteiger partial charge >= 0.3 is 0 Å². The number of carbonyl (C=O) groups excluding carboxylic acids is 2. The third kappa shape index (κ3) is 6.42. The Kier molecular flexibility index (Phi) is 8.23. The summed E-state index contributed by atoms with van der Waals surface area (Å²) in [7, 11) is 3.35. The largest absolute Gasteiger partial charge is 0.486 e. The lowest BCUT2D eigenvalue weighted by atomic mass is 10.2. The van der Waals surface area contributed by atoms with Crippen LogP contribution in [0.25, 0.3) is 0 Å². The zero-order valence-electron chi connectivity index (χ0n) is 19.0. The van der Waals surface area contributed by atoms with E-state index in [1.807, 2.05) is 35.8 Å². The maximum absolute atomic E-state index is 12.5. The highest BCUT2D eigenvalue weighted by molar-refractivity contribution is 7.99. The lowest BCUT2D eigenvalue weighted by Gasteiger charge is -2.09. The monoisotopic (exact) mass is 486 g/mol. The van der Waals surface area contributed by atoms with E-state index >= 15 is 0 Å². The van der Waals surface area contributed by atoms with Crippen LogP contribution in [0.15, 0.2) is 42.1 Å². The number of anilines is 1. The van der Waals surface area contributed by atoms with Gasteiger partial charge in [0.1, 0.15) is 17.2 Å². The van der Waals surface area contributed by atoms with E-state index in [0.29, 0.717) is 33.2 Å². The second-order valence-electron chi connectivity index (χ2n) is 7.37. The summed E-state index contributed by atoms with van der Waals surface area (Å²) >= 11 is 2.42. The highest BCUT2D eigenvalue weighted by Gasteiger charge is 2.19. The second-order valence-corrected chi connectivity index (χ2v) is 9.31. The predicted molar refractivity (Wildman–Crippen MR) is 130 cm³/mol. The normalized spacial score (nSPS) is 10.7. The van der Waals surface area contributed by atoms with Crippen molar-refractivity contribution >= 4 is 40.0 Å². The summed E-state index contributed by atoms with van der Waals surface area (Å²) in [5.74, 6) is 1.11. The molecule has 3 aromatic rings. The van der Waals surface area contributed by atoms with Crippen molar-refractivity contribution < 1.29 is 14.3 Å². The first-order chi connectivity index (χ1) is 15.8. The smallest absolute Gasteiger partial charge is 0.265 e. The van der Waals surface area contributed by atoms with E-state index in [-0.39, 0.29) is 24.2 Å². The minimum absolute atomic E-state index is 0.115. The van der Waals surface area contributed by atoms with Crippen LogP contribution in [0.4, 0.5) is 5.13 Å². The molecule has 2 amide bonds. The quantitative estimate of drug-likeness (QED) is 0.345. The molecule has 0 saturated carbocycles. The number of benzene rings is 1. The summed E-state index contributed by atoms with van der Waals surface area (Å²) in [5, 5.41) is 12.2. The topological polar surface area (TPSA) is 102 Å². The zero-order valence-corrected chi connectivity index (χ0v) is 20.6. The van der Waals surface area contributed by atoms with Crippen LogP contribution in [0, 0.1) is 13.8 Å². The van der Waals surface area contributed by atoms with E-state index in [4.69, 9.17) is 4.74 Å². The number of hydrogen-bond donors (Lipinski definition) is 1. The average molecular weight is 487 g/mol. The Morgan fingerprint density at radius 3 is 2.64 bits per heavy atom. The summed E-state index contributed by atoms with van der Waals surface area (Å²) in [4.78, 5) is 30.9. The van der Waals surface area contributed by atoms with Crippen molar-refractivity contribution in [3.63, 3.8) is 0 Å². The molecule has 0 unspecified atom stereocenters. The summed E-state index contributed by atoms with van der Waals surface area (Å²) in [5.41, 5.74) is 1.74. The molecule has 0 aliphatic carbocycles. The Balaban J connectivity index is 1.60. The molecule has 0 spiro atoms. The first kappa shape index (κ1) is 24.5. The van der Waals surface area contributed by atoms with E-state index in [1.165, 1.54) is 16.7 Å². The van der Waals surface area contributed by atoms with Gasteiger partial charge in [-0.15, -0.1) is 16.8 Å². The Bertz CT molecular complexity index is 1140. The maximum Gasteiger partial charge on any atom is 0.265 e. The summed E-state index contributed by atoms with van der Waals surface area (Å²) < 4.78 is 7.68. The van der Waals surface area contributed by atoms with Crippen LogP contribution in [0.2, 0.25) is 0 Å². The van der Waals surface area contributed by atoms with Gasteiger partial charge in [0.25, 0.3) is 5.91 Å². The Hall–Kier alpha value is -3.18. The Labute approximate surface area is 200 Å². The number of rotatable bonds is 10. The number of nitrogens with zero attached hydrogens (tertiary/aromatic N) is 5. The van der Waals surface area contributed by atoms with E-state index in [1.54, 1.807) is 27.1 Å². The van der Waals surface area contributed by atoms with Crippen molar-refractivity contribution in [2.45, 2.75) is 32.2 Å². The van der Waals surface area contributed by atoms with Crippen molar-refractivity contribution in [2.24, 2.45) is 0 Å². The number of amides is 2. The standard InChI is InChI=1S/C22H26N6O3S2/c1-6-11-28-17(12-31-16-9-7-14(2)8-10-16)25-26-22(28)32-13-18(29)24-21-23-15(3)19(33-21)20(30)27(4)5/h6-10H,1,11-13H2,2-5H3,(H,23,24,29). The number of nitrogens with one attached hydrogen (secondary N) is 1. The minimum Gasteiger partial charge on any atom is -0.486 e. The molecule has 0 radical (unpaired) electrons. The second kappa shape index (κ2) is 11.1. The molecular formula is C22H26N6O3S2. The van der Waals surface area contributed by atoms with Gasteiger partial charge in [-0.05, 0) is 26.0 Å². The molecule has 0 atom stereocenters. The van der Waals surface area contributed by atoms with Crippen LogP contribution in [0.3, 0.4) is 0 Å². The molecule has 1 aromatic carbocycles. The minimum atomic E-state index is -0.247. The predicted octanol–water partition coefficient (Wildman–Crippen LogP) is 3.55. The first-order valence-electron chi connectivity index (χ1n) is 10.1. The molecule has 2 aromatic heterocycles. The Morgan fingerprint density at radius 2 is 1.97 bits per heavy atom. The molecule has 3 rings (SSSR count). The molecule has 174 valence electrons. The van der Waals surface area contributed by atoms with Gasteiger partial charge in [-0.1, -0.05) is 46.9 Å². The lowest BCUT2D eigenvalue weighted by Crippen LogP contribution is -2.21.